The van der Waals surface area contributed by atoms with Gasteiger partial charge in [-0.15, -0.1) is 0 Å². The molecule has 0 aliphatic carbocycles. The highest BCUT2D eigenvalue weighted by Gasteiger charge is 2.23. The Bertz CT molecular complexity index is 600. The highest BCUT2D eigenvalue weighted by atomic mass is 32.2. The molecule has 0 spiro atoms. The number of unbranched alkanes of at least 4 members (excludes halogenated alkanes) is 2. The highest BCUT2D eigenvalue weighted by Crippen LogP contribution is 2.15. The predicted molar refractivity (Wildman–Crippen MR) is 75.5 cm³/mol. The van der Waals surface area contributed by atoms with Gasteiger partial charge >= 0.3 is 0 Å². The van der Waals surface area contributed by atoms with Crippen LogP contribution in [0.25, 0.3) is 0 Å². The van der Waals surface area contributed by atoms with Gasteiger partial charge in [0, 0.05) is 31.6 Å². The van der Waals surface area contributed by atoms with Gasteiger partial charge in [0.1, 0.15) is 5.82 Å². The first-order valence-electron chi connectivity index (χ1n) is 6.90. The standard InChI is InChI=1S/C13H20N4O2S/c1-11-9-17-10-12(5-6-13(17)15-11)16-20(18,19)8-4-2-3-7-14/h9,12,16H,2-6,8,10H2,1H3/t12-/m0/s1. The number of imidazole rings is 1. The van der Waals surface area contributed by atoms with Crippen LogP contribution in [0.15, 0.2) is 6.20 Å². The van der Waals surface area contributed by atoms with Crippen molar-refractivity contribution in [3.05, 3.63) is 17.7 Å². The normalized spacial score (nSPS) is 18.5. The zero-order valence-corrected chi connectivity index (χ0v) is 12.5. The van der Waals surface area contributed by atoms with Gasteiger partial charge in [-0.2, -0.15) is 5.26 Å². The molecule has 7 heteroatoms. The topological polar surface area (TPSA) is 87.8 Å². The first kappa shape index (κ1) is 15.0. The molecule has 1 aliphatic rings. The van der Waals surface area contributed by atoms with E-state index < -0.39 is 10.0 Å². The van der Waals surface area contributed by atoms with E-state index in [1.54, 1.807) is 0 Å². The van der Waals surface area contributed by atoms with Crippen molar-refractivity contribution in [1.82, 2.24) is 14.3 Å². The molecule has 1 atom stereocenters. The van der Waals surface area contributed by atoms with Crippen LogP contribution in [0, 0.1) is 18.3 Å². The van der Waals surface area contributed by atoms with Crippen molar-refractivity contribution in [2.45, 2.75) is 51.6 Å². The van der Waals surface area contributed by atoms with Crippen molar-refractivity contribution in [2.24, 2.45) is 0 Å². The van der Waals surface area contributed by atoms with Crippen molar-refractivity contribution in [2.75, 3.05) is 5.75 Å². The van der Waals surface area contributed by atoms with Crippen LogP contribution in [0.4, 0.5) is 0 Å². The molecule has 0 fully saturated rings. The molecule has 2 rings (SSSR count). The first-order chi connectivity index (χ1) is 9.50. The Morgan fingerprint density at radius 3 is 3.10 bits per heavy atom. The second-order valence-corrected chi connectivity index (χ2v) is 7.11. The van der Waals surface area contributed by atoms with E-state index in [2.05, 4.69) is 9.71 Å². The first-order valence-corrected chi connectivity index (χ1v) is 8.55. The molecule has 1 aromatic heterocycles. The lowest BCUT2D eigenvalue weighted by atomic mass is 10.1. The van der Waals surface area contributed by atoms with Crippen molar-refractivity contribution >= 4 is 10.0 Å². The van der Waals surface area contributed by atoms with Crippen LogP contribution in [0.5, 0.6) is 0 Å². The molecule has 110 valence electrons. The Morgan fingerprint density at radius 2 is 2.35 bits per heavy atom. The molecule has 0 unspecified atom stereocenters. The third-order valence-electron chi connectivity index (χ3n) is 3.41. The maximum atomic E-state index is 12.0. The summed E-state index contributed by atoms with van der Waals surface area (Å²) >= 11 is 0. The summed E-state index contributed by atoms with van der Waals surface area (Å²) in [6.07, 6.45) is 5.13. The van der Waals surface area contributed by atoms with Crippen LogP contribution in [0.1, 0.15) is 37.2 Å². The molecule has 2 heterocycles. The van der Waals surface area contributed by atoms with Crippen molar-refractivity contribution in [3.63, 3.8) is 0 Å². The predicted octanol–water partition coefficient (Wildman–Crippen LogP) is 1.12. The summed E-state index contributed by atoms with van der Waals surface area (Å²) in [5, 5.41) is 8.43. The summed E-state index contributed by atoms with van der Waals surface area (Å²) in [7, 11) is -3.25. The average molecular weight is 296 g/mol. The van der Waals surface area contributed by atoms with E-state index in [-0.39, 0.29) is 11.8 Å². The smallest absolute Gasteiger partial charge is 0.211 e. The second-order valence-electron chi connectivity index (χ2n) is 5.24. The number of nitrogens with one attached hydrogen (secondary N) is 1. The summed E-state index contributed by atoms with van der Waals surface area (Å²) in [4.78, 5) is 4.41. The van der Waals surface area contributed by atoms with E-state index >= 15 is 0 Å². The molecular formula is C13H20N4O2S. The van der Waals surface area contributed by atoms with Crippen molar-refractivity contribution in [3.8, 4) is 6.07 Å². The van der Waals surface area contributed by atoms with Crippen LogP contribution < -0.4 is 4.72 Å². The molecule has 0 radical (unpaired) electrons. The zero-order valence-electron chi connectivity index (χ0n) is 11.7. The Balaban J connectivity index is 1.86. The SMILES string of the molecule is Cc1cn2c(n1)CC[C@H](NS(=O)(=O)CCCCC#N)C2. The average Bonchev–Trinajstić information content (AvgIpc) is 2.73. The van der Waals surface area contributed by atoms with E-state index in [0.29, 0.717) is 25.8 Å². The molecular weight excluding hydrogens is 276 g/mol. The van der Waals surface area contributed by atoms with Crippen molar-refractivity contribution in [1.29, 1.82) is 5.26 Å². The Labute approximate surface area is 119 Å². The molecule has 0 aromatic carbocycles. The van der Waals surface area contributed by atoms with Gasteiger partial charge in [0.25, 0.3) is 0 Å². The number of nitrogens with zero attached hydrogens (tertiary/aromatic N) is 3. The fourth-order valence-electron chi connectivity index (χ4n) is 2.49. The van der Waals surface area contributed by atoms with Gasteiger partial charge in [-0.25, -0.2) is 18.1 Å². The number of nitriles is 1. The van der Waals surface area contributed by atoms with Gasteiger partial charge in [-0.3, -0.25) is 0 Å². The summed E-state index contributed by atoms with van der Waals surface area (Å²) < 4.78 is 28.7. The number of rotatable bonds is 6. The molecule has 1 aromatic rings. The van der Waals surface area contributed by atoms with Crippen LogP contribution in [0.2, 0.25) is 0 Å². The molecule has 0 saturated carbocycles. The van der Waals surface area contributed by atoms with Crippen LogP contribution in [-0.4, -0.2) is 29.8 Å². The zero-order chi connectivity index (χ0) is 14.6. The lowest BCUT2D eigenvalue weighted by Crippen LogP contribution is -2.41. The van der Waals surface area contributed by atoms with Crippen LogP contribution in [-0.2, 0) is 23.0 Å². The van der Waals surface area contributed by atoms with E-state index in [9.17, 15) is 8.42 Å². The minimum atomic E-state index is -3.25. The molecule has 20 heavy (non-hydrogen) atoms. The summed E-state index contributed by atoms with van der Waals surface area (Å²) in [5.74, 6) is 1.13. The lowest BCUT2D eigenvalue weighted by molar-refractivity contribution is 0.420. The molecule has 0 bridgehead atoms. The molecule has 0 saturated heterocycles. The van der Waals surface area contributed by atoms with Gasteiger partial charge in [0.2, 0.25) is 10.0 Å². The van der Waals surface area contributed by atoms with Gasteiger partial charge in [0.05, 0.1) is 17.5 Å². The number of sulfonamides is 1. The lowest BCUT2D eigenvalue weighted by Gasteiger charge is -2.24. The highest BCUT2D eigenvalue weighted by molar-refractivity contribution is 7.89. The van der Waals surface area contributed by atoms with Crippen LogP contribution in [0.3, 0.4) is 0 Å². The van der Waals surface area contributed by atoms with E-state index in [0.717, 1.165) is 24.4 Å². The molecule has 6 nitrogen and oxygen atoms in total. The quantitative estimate of drug-likeness (QED) is 0.797. The summed E-state index contributed by atoms with van der Waals surface area (Å²) in [6, 6.07) is 1.96. The number of aromatic nitrogens is 2. The minimum absolute atomic E-state index is 0.0583. The Kier molecular flexibility index (Phi) is 4.78. The van der Waals surface area contributed by atoms with Gasteiger partial charge < -0.3 is 4.57 Å². The Hall–Kier alpha value is -1.39. The van der Waals surface area contributed by atoms with Crippen LogP contribution >= 0.6 is 0 Å². The minimum Gasteiger partial charge on any atom is -0.333 e. The third kappa shape index (κ3) is 4.05. The number of hydrogen-bond acceptors (Lipinski definition) is 4. The fourth-order valence-corrected chi connectivity index (χ4v) is 3.89. The van der Waals surface area contributed by atoms with Gasteiger partial charge in [-0.1, -0.05) is 0 Å². The molecule has 1 aliphatic heterocycles. The number of aryl methyl sites for hydroxylation is 2. The summed E-state index contributed by atoms with van der Waals surface area (Å²) in [6.45, 7) is 2.59. The monoisotopic (exact) mass is 296 g/mol. The third-order valence-corrected chi connectivity index (χ3v) is 4.93. The molecule has 1 N–H and O–H groups in total. The largest absolute Gasteiger partial charge is 0.333 e. The van der Waals surface area contributed by atoms with Gasteiger partial charge in [0.15, 0.2) is 0 Å². The second kappa shape index (κ2) is 6.37. The van der Waals surface area contributed by atoms with E-state index in [1.807, 2.05) is 23.8 Å². The molecule has 0 amide bonds. The maximum absolute atomic E-state index is 12.0. The number of hydrogen-bond donors (Lipinski definition) is 1. The van der Waals surface area contributed by atoms with Crippen molar-refractivity contribution < 1.29 is 8.42 Å². The number of fused-ring (bicyclic) bond motifs is 1. The van der Waals surface area contributed by atoms with Gasteiger partial charge in [-0.05, 0) is 26.2 Å². The van der Waals surface area contributed by atoms with E-state index in [4.69, 9.17) is 5.26 Å². The fraction of sp³-hybridized carbons (Fsp3) is 0.692. The summed E-state index contributed by atoms with van der Waals surface area (Å²) in [5.41, 5.74) is 0.972. The van der Waals surface area contributed by atoms with E-state index in [1.165, 1.54) is 0 Å². The maximum Gasteiger partial charge on any atom is 0.211 e. The Morgan fingerprint density at radius 1 is 1.55 bits per heavy atom.